The predicted molar refractivity (Wildman–Crippen MR) is 128 cm³/mol. The Morgan fingerprint density at radius 2 is 1.59 bits per heavy atom. The summed E-state index contributed by atoms with van der Waals surface area (Å²) in [6, 6.07) is 15.8. The molecule has 180 valence electrons. The van der Waals surface area contributed by atoms with Crippen LogP contribution in [0.1, 0.15) is 68.9 Å². The first-order valence-electron chi connectivity index (χ1n) is 12.0. The zero-order valence-corrected chi connectivity index (χ0v) is 19.5. The summed E-state index contributed by atoms with van der Waals surface area (Å²) in [5, 5.41) is 15.0. The molecule has 0 radical (unpaired) electrons. The third-order valence-corrected chi connectivity index (χ3v) is 6.90. The Kier molecular flexibility index (Phi) is 7.20. The highest BCUT2D eigenvalue weighted by molar-refractivity contribution is 5.80. The lowest BCUT2D eigenvalue weighted by Crippen LogP contribution is -2.52. The van der Waals surface area contributed by atoms with Crippen molar-refractivity contribution in [3.05, 3.63) is 59.7 Å². The van der Waals surface area contributed by atoms with Gasteiger partial charge in [0.2, 0.25) is 5.91 Å². The van der Waals surface area contributed by atoms with Crippen LogP contribution in [0.2, 0.25) is 0 Å². The predicted octanol–water partition coefficient (Wildman–Crippen LogP) is 4.60. The molecule has 0 heterocycles. The van der Waals surface area contributed by atoms with E-state index in [1.165, 1.54) is 0 Å². The minimum atomic E-state index is -0.910. The van der Waals surface area contributed by atoms with Crippen LogP contribution in [0.5, 0.6) is 0 Å². The van der Waals surface area contributed by atoms with Gasteiger partial charge in [-0.25, -0.2) is 4.79 Å². The summed E-state index contributed by atoms with van der Waals surface area (Å²) in [7, 11) is 0. The number of nitrogens with one attached hydrogen (secondary N) is 2. The number of carboxylic acids is 1. The van der Waals surface area contributed by atoms with Gasteiger partial charge in [-0.05, 0) is 42.0 Å². The van der Waals surface area contributed by atoms with Gasteiger partial charge in [-0.3, -0.25) is 9.59 Å². The zero-order chi connectivity index (χ0) is 24.1. The van der Waals surface area contributed by atoms with Gasteiger partial charge in [0.15, 0.2) is 0 Å². The summed E-state index contributed by atoms with van der Waals surface area (Å²) in [6.07, 6.45) is 3.61. The van der Waals surface area contributed by atoms with E-state index in [0.29, 0.717) is 12.8 Å². The van der Waals surface area contributed by atoms with Gasteiger partial charge in [-0.1, -0.05) is 67.8 Å². The summed E-state index contributed by atoms with van der Waals surface area (Å²) in [4.78, 5) is 36.4. The Balaban J connectivity index is 1.30. The van der Waals surface area contributed by atoms with Crippen LogP contribution in [-0.4, -0.2) is 41.3 Å². The van der Waals surface area contributed by atoms with Crippen molar-refractivity contribution in [2.75, 3.05) is 6.61 Å². The molecule has 2 aliphatic carbocycles. The number of carbonyl (C=O) groups is 3. The van der Waals surface area contributed by atoms with Crippen molar-refractivity contribution in [2.45, 2.75) is 69.4 Å². The molecule has 0 bridgehead atoms. The van der Waals surface area contributed by atoms with Crippen LogP contribution >= 0.6 is 0 Å². The molecule has 0 spiro atoms. The highest BCUT2D eigenvalue weighted by Gasteiger charge is 2.36. The Labute approximate surface area is 199 Å². The molecule has 34 heavy (non-hydrogen) atoms. The molecule has 0 saturated heterocycles. The van der Waals surface area contributed by atoms with Gasteiger partial charge in [0.05, 0.1) is 12.0 Å². The van der Waals surface area contributed by atoms with Crippen molar-refractivity contribution < 1.29 is 24.2 Å². The topological polar surface area (TPSA) is 105 Å². The van der Waals surface area contributed by atoms with Crippen molar-refractivity contribution in [3.63, 3.8) is 0 Å². The molecular weight excluding hydrogens is 432 g/mol. The van der Waals surface area contributed by atoms with E-state index in [9.17, 15) is 19.5 Å². The molecule has 0 aliphatic heterocycles. The average molecular weight is 465 g/mol. The summed E-state index contributed by atoms with van der Waals surface area (Å²) in [6.45, 7) is 1.95. The Hall–Kier alpha value is -3.35. The number of ether oxygens (including phenoxy) is 1. The fourth-order valence-electron chi connectivity index (χ4n) is 5.38. The lowest BCUT2D eigenvalue weighted by molar-refractivity contribution is -0.139. The molecule has 2 aromatic rings. The quantitative estimate of drug-likeness (QED) is 0.530. The van der Waals surface area contributed by atoms with Crippen LogP contribution in [0, 0.1) is 0 Å². The van der Waals surface area contributed by atoms with Gasteiger partial charge in [-0.15, -0.1) is 0 Å². The van der Waals surface area contributed by atoms with E-state index in [2.05, 4.69) is 34.9 Å². The van der Waals surface area contributed by atoms with Gasteiger partial charge in [0.25, 0.3) is 0 Å². The lowest BCUT2D eigenvalue weighted by Gasteiger charge is -2.37. The second kappa shape index (κ2) is 10.3. The van der Waals surface area contributed by atoms with Crippen molar-refractivity contribution in [1.29, 1.82) is 0 Å². The van der Waals surface area contributed by atoms with Gasteiger partial charge < -0.3 is 20.5 Å². The third-order valence-electron chi connectivity index (χ3n) is 6.90. The van der Waals surface area contributed by atoms with Crippen LogP contribution in [0.3, 0.4) is 0 Å². The number of rotatable bonds is 8. The molecule has 1 saturated carbocycles. The highest BCUT2D eigenvalue weighted by atomic mass is 16.5. The number of aliphatic carboxylic acids is 1. The number of alkyl carbamates (subject to hydrolysis) is 1. The first kappa shape index (κ1) is 23.8. The van der Waals surface area contributed by atoms with E-state index in [1.54, 1.807) is 6.92 Å². The molecule has 1 unspecified atom stereocenters. The average Bonchev–Trinajstić information content (AvgIpc) is 3.11. The third kappa shape index (κ3) is 5.41. The fourth-order valence-corrected chi connectivity index (χ4v) is 5.38. The molecule has 2 amide bonds. The van der Waals surface area contributed by atoms with E-state index in [-0.39, 0.29) is 31.3 Å². The summed E-state index contributed by atoms with van der Waals surface area (Å²) >= 11 is 0. The number of fused-ring (bicyclic) bond motifs is 3. The number of carbonyl (C=O) groups excluding carboxylic acids is 2. The minimum absolute atomic E-state index is 0.0288. The Morgan fingerprint density at radius 3 is 2.18 bits per heavy atom. The zero-order valence-electron chi connectivity index (χ0n) is 19.5. The first-order valence-corrected chi connectivity index (χ1v) is 12.0. The van der Waals surface area contributed by atoms with Gasteiger partial charge >= 0.3 is 12.1 Å². The molecule has 0 aromatic heterocycles. The molecular formula is C27H32N2O5. The molecule has 1 atom stereocenters. The van der Waals surface area contributed by atoms with E-state index in [1.807, 2.05) is 24.3 Å². The molecule has 2 aromatic carbocycles. The van der Waals surface area contributed by atoms with E-state index < -0.39 is 23.6 Å². The van der Waals surface area contributed by atoms with Gasteiger partial charge in [0, 0.05) is 18.4 Å². The van der Waals surface area contributed by atoms with Crippen LogP contribution in [-0.2, 0) is 14.3 Å². The SMILES string of the molecule is CC(CC(=O)NC1(CC(=O)O)CCCCC1)NC(=O)OCC1c2ccccc2-c2ccccc21. The lowest BCUT2D eigenvalue weighted by atomic mass is 9.79. The molecule has 3 N–H and O–H groups in total. The molecule has 4 rings (SSSR count). The van der Waals surface area contributed by atoms with Crippen molar-refractivity contribution >= 4 is 18.0 Å². The van der Waals surface area contributed by atoms with Crippen LogP contribution < -0.4 is 10.6 Å². The molecule has 7 heteroatoms. The number of carboxylic acid groups (broad SMARTS) is 1. The van der Waals surface area contributed by atoms with E-state index in [0.717, 1.165) is 41.5 Å². The smallest absolute Gasteiger partial charge is 0.407 e. The maximum Gasteiger partial charge on any atom is 0.407 e. The second-order valence-corrected chi connectivity index (χ2v) is 9.53. The summed E-state index contributed by atoms with van der Waals surface area (Å²) < 4.78 is 5.55. The number of amides is 2. The Morgan fingerprint density at radius 1 is 1.00 bits per heavy atom. The van der Waals surface area contributed by atoms with Crippen molar-refractivity contribution in [2.24, 2.45) is 0 Å². The van der Waals surface area contributed by atoms with E-state index >= 15 is 0 Å². The fraction of sp³-hybridized carbons (Fsp3) is 0.444. The maximum atomic E-state index is 12.6. The number of benzene rings is 2. The highest BCUT2D eigenvalue weighted by Crippen LogP contribution is 2.44. The summed E-state index contributed by atoms with van der Waals surface area (Å²) in [5.74, 6) is -1.19. The first-order chi connectivity index (χ1) is 16.4. The standard InChI is InChI=1S/C27H32N2O5/c1-18(15-24(30)29-27(16-25(31)32)13-7-2-8-14-27)28-26(33)34-17-23-21-11-5-3-9-19(21)20-10-4-6-12-22(20)23/h3-6,9-12,18,23H,2,7-8,13-17H2,1H3,(H,28,33)(H,29,30)(H,31,32). The number of hydrogen-bond acceptors (Lipinski definition) is 4. The normalized spacial score (nSPS) is 17.2. The van der Waals surface area contributed by atoms with Gasteiger partial charge in [-0.2, -0.15) is 0 Å². The molecule has 2 aliphatic rings. The van der Waals surface area contributed by atoms with Crippen LogP contribution in [0.25, 0.3) is 11.1 Å². The van der Waals surface area contributed by atoms with E-state index in [4.69, 9.17) is 4.74 Å². The largest absolute Gasteiger partial charge is 0.481 e. The van der Waals surface area contributed by atoms with Gasteiger partial charge in [0.1, 0.15) is 6.61 Å². The Bertz CT molecular complexity index is 1010. The molecule has 1 fully saturated rings. The monoisotopic (exact) mass is 464 g/mol. The van der Waals surface area contributed by atoms with Crippen molar-refractivity contribution in [1.82, 2.24) is 10.6 Å². The van der Waals surface area contributed by atoms with Crippen LogP contribution in [0.4, 0.5) is 4.79 Å². The van der Waals surface area contributed by atoms with Crippen LogP contribution in [0.15, 0.2) is 48.5 Å². The second-order valence-electron chi connectivity index (χ2n) is 9.53. The minimum Gasteiger partial charge on any atom is -0.481 e. The maximum absolute atomic E-state index is 12.6. The van der Waals surface area contributed by atoms with Crippen molar-refractivity contribution in [3.8, 4) is 11.1 Å². The molecule has 7 nitrogen and oxygen atoms in total. The number of hydrogen-bond donors (Lipinski definition) is 3. The summed E-state index contributed by atoms with van der Waals surface area (Å²) in [5.41, 5.74) is 3.91.